The number of rotatable bonds is 2. The van der Waals surface area contributed by atoms with Gasteiger partial charge in [-0.05, 0) is 24.6 Å². The van der Waals surface area contributed by atoms with Gasteiger partial charge in [0, 0.05) is 37.8 Å². The number of aromatic hydroxyl groups is 1. The van der Waals surface area contributed by atoms with E-state index in [0.717, 1.165) is 45.8 Å². The minimum absolute atomic E-state index is 0.0372. The molecule has 2 saturated heterocycles. The van der Waals surface area contributed by atoms with Crippen molar-refractivity contribution >= 4 is 11.6 Å². The van der Waals surface area contributed by atoms with Crippen LogP contribution in [0, 0.1) is 0 Å². The number of phenols is 1. The van der Waals surface area contributed by atoms with Crippen LogP contribution in [0.25, 0.3) is 0 Å². The maximum absolute atomic E-state index is 12.5. The minimum Gasteiger partial charge on any atom is -0.506 e. The van der Waals surface area contributed by atoms with E-state index in [2.05, 4.69) is 4.90 Å². The Labute approximate surface area is 124 Å². The molecule has 1 amide bonds. The fourth-order valence-electron chi connectivity index (χ4n) is 3.03. The standard InChI is InChI=1S/C15H21N3O3/c16-13-2-1-11(9-14(13)19)15(20)18-4-3-12(10-18)17-5-7-21-8-6-17/h1-2,9,12,19H,3-8,10,16H2. The molecule has 3 rings (SSSR count). The molecule has 114 valence electrons. The summed E-state index contributed by atoms with van der Waals surface area (Å²) in [5.41, 5.74) is 6.35. The molecule has 0 aliphatic carbocycles. The zero-order valence-electron chi connectivity index (χ0n) is 12.0. The van der Waals surface area contributed by atoms with Crippen molar-refractivity contribution in [2.24, 2.45) is 0 Å². The molecule has 1 atom stereocenters. The van der Waals surface area contributed by atoms with Crippen molar-refractivity contribution in [1.29, 1.82) is 0 Å². The van der Waals surface area contributed by atoms with Crippen molar-refractivity contribution in [3.05, 3.63) is 23.8 Å². The molecule has 6 heteroatoms. The van der Waals surface area contributed by atoms with E-state index in [9.17, 15) is 9.90 Å². The number of hydrogen-bond donors (Lipinski definition) is 2. The third-order valence-electron chi connectivity index (χ3n) is 4.29. The summed E-state index contributed by atoms with van der Waals surface area (Å²) in [4.78, 5) is 16.7. The lowest BCUT2D eigenvalue weighted by molar-refractivity contribution is 0.0185. The predicted molar refractivity (Wildman–Crippen MR) is 79.2 cm³/mol. The maximum Gasteiger partial charge on any atom is 0.254 e. The van der Waals surface area contributed by atoms with E-state index in [0.29, 0.717) is 17.3 Å². The van der Waals surface area contributed by atoms with Gasteiger partial charge in [-0.25, -0.2) is 0 Å². The molecule has 0 radical (unpaired) electrons. The number of likely N-dealkylation sites (tertiary alicyclic amines) is 1. The number of phenolic OH excluding ortho intramolecular Hbond substituents is 1. The summed E-state index contributed by atoms with van der Waals surface area (Å²) in [6.45, 7) is 4.92. The number of nitrogens with two attached hydrogens (primary N) is 1. The Morgan fingerprint density at radius 1 is 1.29 bits per heavy atom. The molecule has 3 N–H and O–H groups in total. The number of morpholine rings is 1. The topological polar surface area (TPSA) is 79.0 Å². The molecule has 6 nitrogen and oxygen atoms in total. The summed E-state index contributed by atoms with van der Waals surface area (Å²) in [7, 11) is 0. The van der Waals surface area contributed by atoms with E-state index in [1.807, 2.05) is 4.90 Å². The lowest BCUT2D eigenvalue weighted by Crippen LogP contribution is -2.45. The number of benzene rings is 1. The van der Waals surface area contributed by atoms with Gasteiger partial charge in [-0.15, -0.1) is 0 Å². The zero-order valence-corrected chi connectivity index (χ0v) is 12.0. The second kappa shape index (κ2) is 5.91. The fraction of sp³-hybridized carbons (Fsp3) is 0.533. The third kappa shape index (κ3) is 2.96. The van der Waals surface area contributed by atoms with Crippen LogP contribution in [-0.2, 0) is 4.74 Å². The molecular formula is C15H21N3O3. The molecule has 1 unspecified atom stereocenters. The van der Waals surface area contributed by atoms with Crippen molar-refractivity contribution in [1.82, 2.24) is 9.80 Å². The van der Waals surface area contributed by atoms with Gasteiger partial charge in [0.25, 0.3) is 5.91 Å². The van der Waals surface area contributed by atoms with E-state index in [4.69, 9.17) is 10.5 Å². The Bertz CT molecular complexity index is 529. The Balaban J connectivity index is 1.64. The number of ether oxygens (including phenoxy) is 1. The number of carbonyl (C=O) groups excluding carboxylic acids is 1. The Hall–Kier alpha value is -1.79. The summed E-state index contributed by atoms with van der Waals surface area (Å²) in [6.07, 6.45) is 0.993. The molecular weight excluding hydrogens is 270 g/mol. The van der Waals surface area contributed by atoms with Crippen molar-refractivity contribution in [3.63, 3.8) is 0 Å². The Morgan fingerprint density at radius 2 is 2.05 bits per heavy atom. The van der Waals surface area contributed by atoms with Crippen molar-refractivity contribution < 1.29 is 14.6 Å². The molecule has 2 fully saturated rings. The third-order valence-corrected chi connectivity index (χ3v) is 4.29. The summed E-state index contributed by atoms with van der Waals surface area (Å²) in [6, 6.07) is 5.09. The van der Waals surface area contributed by atoms with Crippen LogP contribution in [-0.4, -0.2) is 66.2 Å². The second-order valence-electron chi connectivity index (χ2n) is 5.62. The molecule has 2 aliphatic rings. The Kier molecular flexibility index (Phi) is 3.98. The van der Waals surface area contributed by atoms with Gasteiger partial charge in [0.15, 0.2) is 0 Å². The molecule has 2 heterocycles. The van der Waals surface area contributed by atoms with Crippen molar-refractivity contribution in [3.8, 4) is 5.75 Å². The van der Waals surface area contributed by atoms with E-state index >= 15 is 0 Å². The van der Waals surface area contributed by atoms with Gasteiger partial charge in [-0.2, -0.15) is 0 Å². The molecule has 0 spiro atoms. The summed E-state index contributed by atoms with van der Waals surface area (Å²) in [5, 5.41) is 9.63. The van der Waals surface area contributed by atoms with Crippen LogP contribution in [0.2, 0.25) is 0 Å². The van der Waals surface area contributed by atoms with E-state index in [1.54, 1.807) is 12.1 Å². The normalized spacial score (nSPS) is 23.4. The lowest BCUT2D eigenvalue weighted by Gasteiger charge is -2.32. The number of amides is 1. The van der Waals surface area contributed by atoms with Crippen molar-refractivity contribution in [2.75, 3.05) is 45.1 Å². The number of nitrogens with zero attached hydrogens (tertiary/aromatic N) is 2. The van der Waals surface area contributed by atoms with Crippen LogP contribution in [0.3, 0.4) is 0 Å². The van der Waals surface area contributed by atoms with Crippen LogP contribution < -0.4 is 5.73 Å². The van der Waals surface area contributed by atoms with Crippen LogP contribution in [0.15, 0.2) is 18.2 Å². The average molecular weight is 291 g/mol. The molecule has 2 aliphatic heterocycles. The molecule has 21 heavy (non-hydrogen) atoms. The molecule has 0 saturated carbocycles. The highest BCUT2D eigenvalue weighted by Crippen LogP contribution is 2.24. The fourth-order valence-corrected chi connectivity index (χ4v) is 3.03. The van der Waals surface area contributed by atoms with Gasteiger partial charge in [-0.1, -0.05) is 0 Å². The molecule has 0 aromatic heterocycles. The van der Waals surface area contributed by atoms with E-state index in [-0.39, 0.29) is 11.7 Å². The first kappa shape index (κ1) is 14.2. The Morgan fingerprint density at radius 3 is 2.76 bits per heavy atom. The SMILES string of the molecule is Nc1ccc(C(=O)N2CCC(N3CCOCC3)C2)cc1O. The zero-order chi connectivity index (χ0) is 14.8. The van der Waals surface area contributed by atoms with Gasteiger partial charge in [0.05, 0.1) is 18.9 Å². The van der Waals surface area contributed by atoms with Crippen molar-refractivity contribution in [2.45, 2.75) is 12.5 Å². The van der Waals surface area contributed by atoms with Crippen LogP contribution in [0.5, 0.6) is 5.75 Å². The summed E-state index contributed by atoms with van der Waals surface area (Å²) in [5.74, 6) is -0.0779. The largest absolute Gasteiger partial charge is 0.506 e. The first-order valence-corrected chi connectivity index (χ1v) is 7.35. The summed E-state index contributed by atoms with van der Waals surface area (Å²) < 4.78 is 5.37. The highest BCUT2D eigenvalue weighted by atomic mass is 16.5. The van der Waals surface area contributed by atoms with Gasteiger partial charge in [0.1, 0.15) is 5.75 Å². The number of nitrogen functional groups attached to an aromatic ring is 1. The monoisotopic (exact) mass is 291 g/mol. The van der Waals surface area contributed by atoms with Gasteiger partial charge >= 0.3 is 0 Å². The molecule has 0 bridgehead atoms. The molecule has 1 aromatic rings. The first-order chi connectivity index (χ1) is 10.1. The van der Waals surface area contributed by atoms with Crippen LogP contribution >= 0.6 is 0 Å². The highest BCUT2D eigenvalue weighted by molar-refractivity contribution is 5.95. The smallest absolute Gasteiger partial charge is 0.254 e. The minimum atomic E-state index is -0.0407. The second-order valence-corrected chi connectivity index (χ2v) is 5.62. The lowest BCUT2D eigenvalue weighted by atomic mass is 10.1. The quantitative estimate of drug-likeness (QED) is 0.613. The van der Waals surface area contributed by atoms with Gasteiger partial charge < -0.3 is 20.5 Å². The van der Waals surface area contributed by atoms with Crippen LogP contribution in [0.4, 0.5) is 5.69 Å². The van der Waals surface area contributed by atoms with Crippen LogP contribution in [0.1, 0.15) is 16.8 Å². The maximum atomic E-state index is 12.5. The van der Waals surface area contributed by atoms with E-state index in [1.165, 1.54) is 6.07 Å². The average Bonchev–Trinajstić information content (AvgIpc) is 3.00. The highest BCUT2D eigenvalue weighted by Gasteiger charge is 2.31. The number of hydrogen-bond acceptors (Lipinski definition) is 5. The number of carbonyl (C=O) groups is 1. The molecule has 1 aromatic carbocycles. The first-order valence-electron chi connectivity index (χ1n) is 7.35. The predicted octanol–water partition coefficient (Wildman–Crippen LogP) is 0.521. The van der Waals surface area contributed by atoms with Gasteiger partial charge in [0.2, 0.25) is 0 Å². The van der Waals surface area contributed by atoms with Gasteiger partial charge in [-0.3, -0.25) is 9.69 Å². The van der Waals surface area contributed by atoms with E-state index < -0.39 is 0 Å². The number of anilines is 1. The summed E-state index contributed by atoms with van der Waals surface area (Å²) >= 11 is 0.